The lowest BCUT2D eigenvalue weighted by molar-refractivity contribution is 0.0736. The summed E-state index contributed by atoms with van der Waals surface area (Å²) < 4.78 is 0. The summed E-state index contributed by atoms with van der Waals surface area (Å²) in [6.45, 7) is 4.11. The van der Waals surface area contributed by atoms with Crippen LogP contribution in [0.4, 0.5) is 0 Å². The first-order valence-corrected chi connectivity index (χ1v) is 8.33. The minimum atomic E-state index is -0.0441. The van der Waals surface area contributed by atoms with Gasteiger partial charge < -0.3 is 9.80 Å². The third-order valence-corrected chi connectivity index (χ3v) is 3.84. The lowest BCUT2D eigenvalue weighted by Crippen LogP contribution is -2.38. The topological polar surface area (TPSA) is 49.3 Å². The smallest absolute Gasteiger partial charge is 0.274 e. The molecule has 1 aromatic carbocycles. The second-order valence-electron chi connectivity index (χ2n) is 6.23. The lowest BCUT2D eigenvalue weighted by atomic mass is 10.1. The molecule has 0 aliphatic heterocycles. The molecule has 0 unspecified atom stereocenters. The Morgan fingerprint density at radius 2 is 1.75 bits per heavy atom. The summed E-state index contributed by atoms with van der Waals surface area (Å²) in [4.78, 5) is 25.1. The number of aromatic nitrogens is 2. The summed E-state index contributed by atoms with van der Waals surface area (Å²) in [7, 11) is 4.02. The monoisotopic (exact) mass is 326 g/mol. The van der Waals surface area contributed by atoms with E-state index in [2.05, 4.69) is 27.0 Å². The zero-order chi connectivity index (χ0) is 17.4. The lowest BCUT2D eigenvalue weighted by Gasteiger charge is -2.24. The van der Waals surface area contributed by atoms with Crippen LogP contribution in [0.3, 0.4) is 0 Å². The molecule has 0 atom stereocenters. The highest BCUT2D eigenvalue weighted by Gasteiger charge is 2.17. The highest BCUT2D eigenvalue weighted by molar-refractivity contribution is 5.92. The molecule has 0 radical (unpaired) electrons. The number of carbonyl (C=O) groups excluding carboxylic acids is 1. The number of likely N-dealkylation sites (N-methyl/N-ethyl adjacent to an activating group) is 1. The number of amides is 1. The molecule has 0 aliphatic carbocycles. The van der Waals surface area contributed by atoms with E-state index in [-0.39, 0.29) is 5.91 Å². The molecule has 2 aromatic rings. The fraction of sp³-hybridized carbons (Fsp3) is 0.421. The van der Waals surface area contributed by atoms with Crippen LogP contribution in [-0.4, -0.2) is 59.4 Å². The molecule has 0 bridgehead atoms. The van der Waals surface area contributed by atoms with Gasteiger partial charge in [-0.2, -0.15) is 0 Å². The largest absolute Gasteiger partial charge is 0.336 e. The number of aryl methyl sites for hydroxylation is 2. The van der Waals surface area contributed by atoms with Crippen molar-refractivity contribution in [3.05, 3.63) is 59.7 Å². The molecule has 1 heterocycles. The predicted octanol–water partition coefficient (Wildman–Crippen LogP) is 2.42. The van der Waals surface area contributed by atoms with E-state index in [9.17, 15) is 4.79 Å². The van der Waals surface area contributed by atoms with Crippen molar-refractivity contribution in [3.63, 3.8) is 0 Å². The number of hydrogen-bond acceptors (Lipinski definition) is 4. The van der Waals surface area contributed by atoms with Gasteiger partial charge in [0.05, 0.1) is 11.9 Å². The van der Waals surface area contributed by atoms with Crippen LogP contribution in [-0.2, 0) is 6.42 Å². The highest BCUT2D eigenvalue weighted by atomic mass is 16.2. The number of nitrogens with zero attached hydrogens (tertiary/aromatic N) is 4. The second kappa shape index (κ2) is 9.13. The average molecular weight is 326 g/mol. The van der Waals surface area contributed by atoms with Gasteiger partial charge in [0, 0.05) is 25.8 Å². The molecule has 2 rings (SSSR count). The molecule has 1 aromatic heterocycles. The molecule has 24 heavy (non-hydrogen) atoms. The first-order valence-electron chi connectivity index (χ1n) is 8.33. The van der Waals surface area contributed by atoms with Crippen molar-refractivity contribution in [1.29, 1.82) is 0 Å². The van der Waals surface area contributed by atoms with Gasteiger partial charge >= 0.3 is 0 Å². The molecular formula is C19H26N4O. The zero-order valence-corrected chi connectivity index (χ0v) is 14.8. The summed E-state index contributed by atoms with van der Waals surface area (Å²) in [6, 6.07) is 10.4. The van der Waals surface area contributed by atoms with Gasteiger partial charge in [-0.3, -0.25) is 9.78 Å². The van der Waals surface area contributed by atoms with E-state index in [1.165, 1.54) is 5.56 Å². The molecule has 5 nitrogen and oxygen atoms in total. The van der Waals surface area contributed by atoms with Gasteiger partial charge in [0.15, 0.2) is 0 Å². The summed E-state index contributed by atoms with van der Waals surface area (Å²) in [5.74, 6) is -0.0441. The summed E-state index contributed by atoms with van der Waals surface area (Å²) in [5.41, 5.74) is 2.53. The molecule has 0 saturated heterocycles. The molecule has 0 aliphatic rings. The van der Waals surface area contributed by atoms with E-state index in [4.69, 9.17) is 0 Å². The molecule has 128 valence electrons. The number of benzene rings is 1. The Morgan fingerprint density at radius 1 is 1.00 bits per heavy atom. The van der Waals surface area contributed by atoms with Gasteiger partial charge in [-0.25, -0.2) is 4.98 Å². The minimum absolute atomic E-state index is 0.0441. The molecular weight excluding hydrogens is 300 g/mol. The zero-order valence-electron chi connectivity index (χ0n) is 14.8. The van der Waals surface area contributed by atoms with Gasteiger partial charge in [0.25, 0.3) is 5.91 Å². The molecule has 0 spiro atoms. The third-order valence-electron chi connectivity index (χ3n) is 3.84. The number of hydrogen-bond donors (Lipinski definition) is 0. The Balaban J connectivity index is 1.97. The average Bonchev–Trinajstić information content (AvgIpc) is 2.58. The predicted molar refractivity (Wildman–Crippen MR) is 96.0 cm³/mol. The van der Waals surface area contributed by atoms with Gasteiger partial charge in [-0.1, -0.05) is 30.3 Å². The third kappa shape index (κ3) is 5.74. The van der Waals surface area contributed by atoms with E-state index < -0.39 is 0 Å². The molecule has 0 saturated carbocycles. The Hall–Kier alpha value is -2.27. The van der Waals surface area contributed by atoms with E-state index in [0.717, 1.165) is 31.6 Å². The second-order valence-corrected chi connectivity index (χ2v) is 6.23. The molecule has 5 heteroatoms. The Kier molecular flexibility index (Phi) is 6.88. The normalized spacial score (nSPS) is 10.8. The maximum absolute atomic E-state index is 12.7. The SMILES string of the molecule is Cc1cnc(C(=O)N(CCCc2ccccc2)CCN(C)C)cn1. The summed E-state index contributed by atoms with van der Waals surface area (Å²) in [5, 5.41) is 0. The highest BCUT2D eigenvalue weighted by Crippen LogP contribution is 2.07. The summed E-state index contributed by atoms with van der Waals surface area (Å²) in [6.07, 6.45) is 5.10. The van der Waals surface area contributed by atoms with Crippen molar-refractivity contribution in [2.75, 3.05) is 33.7 Å². The van der Waals surface area contributed by atoms with Crippen molar-refractivity contribution in [2.45, 2.75) is 19.8 Å². The fourth-order valence-corrected chi connectivity index (χ4v) is 2.42. The number of rotatable bonds is 8. The van der Waals surface area contributed by atoms with E-state index >= 15 is 0 Å². The van der Waals surface area contributed by atoms with Crippen LogP contribution in [0.5, 0.6) is 0 Å². The van der Waals surface area contributed by atoms with Gasteiger partial charge in [0.2, 0.25) is 0 Å². The standard InChI is InChI=1S/C19H26N4O/c1-16-14-21-18(15-20-16)19(24)23(13-12-22(2)3)11-7-10-17-8-5-4-6-9-17/h4-6,8-9,14-15H,7,10-13H2,1-3H3. The van der Waals surface area contributed by atoms with Crippen molar-refractivity contribution in [1.82, 2.24) is 19.8 Å². The van der Waals surface area contributed by atoms with E-state index in [1.807, 2.05) is 44.1 Å². The van der Waals surface area contributed by atoms with Crippen LogP contribution >= 0.6 is 0 Å². The van der Waals surface area contributed by atoms with Crippen LogP contribution in [0.2, 0.25) is 0 Å². The van der Waals surface area contributed by atoms with Gasteiger partial charge in [0.1, 0.15) is 5.69 Å². The Morgan fingerprint density at radius 3 is 2.38 bits per heavy atom. The van der Waals surface area contributed by atoms with Crippen LogP contribution < -0.4 is 0 Å². The van der Waals surface area contributed by atoms with Crippen molar-refractivity contribution in [3.8, 4) is 0 Å². The Bertz CT molecular complexity index is 626. The van der Waals surface area contributed by atoms with Crippen molar-refractivity contribution >= 4 is 5.91 Å². The quantitative estimate of drug-likeness (QED) is 0.747. The van der Waals surface area contributed by atoms with Crippen molar-refractivity contribution in [2.24, 2.45) is 0 Å². The molecule has 1 amide bonds. The molecule has 0 N–H and O–H groups in total. The van der Waals surface area contributed by atoms with Crippen LogP contribution in [0.15, 0.2) is 42.7 Å². The maximum Gasteiger partial charge on any atom is 0.274 e. The van der Waals surface area contributed by atoms with Crippen LogP contribution in [0.25, 0.3) is 0 Å². The maximum atomic E-state index is 12.7. The number of carbonyl (C=O) groups is 1. The van der Waals surface area contributed by atoms with Gasteiger partial charge in [-0.15, -0.1) is 0 Å². The fourth-order valence-electron chi connectivity index (χ4n) is 2.42. The van der Waals surface area contributed by atoms with Crippen LogP contribution in [0.1, 0.15) is 28.2 Å². The first-order chi connectivity index (χ1) is 11.6. The summed E-state index contributed by atoms with van der Waals surface area (Å²) >= 11 is 0. The van der Waals surface area contributed by atoms with E-state index in [0.29, 0.717) is 12.2 Å². The molecule has 0 fully saturated rings. The van der Waals surface area contributed by atoms with Crippen molar-refractivity contribution < 1.29 is 4.79 Å². The Labute approximate surface area is 144 Å². The minimum Gasteiger partial charge on any atom is -0.336 e. The van der Waals surface area contributed by atoms with Crippen LogP contribution in [0, 0.1) is 6.92 Å². The van der Waals surface area contributed by atoms with Gasteiger partial charge in [-0.05, 0) is 39.4 Å². The van der Waals surface area contributed by atoms with E-state index in [1.54, 1.807) is 12.4 Å². The first kappa shape index (κ1) is 18.1.